The van der Waals surface area contributed by atoms with Crippen LogP contribution in [0.25, 0.3) is 10.9 Å². The highest BCUT2D eigenvalue weighted by Gasteiger charge is 2.11. The van der Waals surface area contributed by atoms with E-state index >= 15 is 0 Å². The minimum absolute atomic E-state index is 0.00748. The SMILES string of the molecule is O=C(Cn1ccc2ccc(Br)cc21)c1ccccc1Cl. The van der Waals surface area contributed by atoms with Crippen molar-refractivity contribution >= 4 is 44.2 Å². The van der Waals surface area contributed by atoms with E-state index in [-0.39, 0.29) is 12.3 Å². The molecule has 20 heavy (non-hydrogen) atoms. The monoisotopic (exact) mass is 347 g/mol. The molecule has 1 heterocycles. The second kappa shape index (κ2) is 5.43. The summed E-state index contributed by atoms with van der Waals surface area (Å²) < 4.78 is 2.93. The third-order valence-corrected chi connectivity index (χ3v) is 4.05. The van der Waals surface area contributed by atoms with Crippen LogP contribution < -0.4 is 0 Å². The number of ketones is 1. The van der Waals surface area contributed by atoms with Gasteiger partial charge in [0.2, 0.25) is 0 Å². The van der Waals surface area contributed by atoms with E-state index in [4.69, 9.17) is 11.6 Å². The smallest absolute Gasteiger partial charge is 0.183 e. The fourth-order valence-corrected chi connectivity index (χ4v) is 2.81. The van der Waals surface area contributed by atoms with Crippen LogP contribution in [0.3, 0.4) is 0 Å². The Balaban J connectivity index is 1.96. The molecule has 4 heteroatoms. The molecule has 0 aliphatic carbocycles. The zero-order chi connectivity index (χ0) is 14.1. The molecule has 1 aromatic heterocycles. The van der Waals surface area contributed by atoms with Crippen molar-refractivity contribution < 1.29 is 4.79 Å². The zero-order valence-electron chi connectivity index (χ0n) is 10.5. The second-order valence-electron chi connectivity index (χ2n) is 4.55. The number of benzene rings is 2. The first-order chi connectivity index (χ1) is 9.65. The summed E-state index contributed by atoms with van der Waals surface area (Å²) in [6.45, 7) is 0.281. The lowest BCUT2D eigenvalue weighted by Gasteiger charge is -2.06. The number of hydrogen-bond donors (Lipinski definition) is 0. The lowest BCUT2D eigenvalue weighted by atomic mass is 10.1. The van der Waals surface area contributed by atoms with Gasteiger partial charge < -0.3 is 4.57 Å². The summed E-state index contributed by atoms with van der Waals surface area (Å²) in [7, 11) is 0. The lowest BCUT2D eigenvalue weighted by Crippen LogP contribution is -2.09. The van der Waals surface area contributed by atoms with Gasteiger partial charge in [-0.2, -0.15) is 0 Å². The first-order valence-corrected chi connectivity index (χ1v) is 7.34. The topological polar surface area (TPSA) is 22.0 Å². The molecule has 0 saturated heterocycles. The maximum absolute atomic E-state index is 12.3. The lowest BCUT2D eigenvalue weighted by molar-refractivity contribution is 0.0974. The summed E-state index contributed by atoms with van der Waals surface area (Å²) in [6.07, 6.45) is 1.92. The number of Topliss-reactive ketones (excluding diaryl/α,β-unsaturated/α-hetero) is 1. The fourth-order valence-electron chi connectivity index (χ4n) is 2.22. The van der Waals surface area contributed by atoms with Crippen LogP contribution >= 0.6 is 27.5 Å². The van der Waals surface area contributed by atoms with E-state index in [0.29, 0.717) is 10.6 Å². The van der Waals surface area contributed by atoms with Crippen LogP contribution in [0.5, 0.6) is 0 Å². The summed E-state index contributed by atoms with van der Waals surface area (Å²) in [5.41, 5.74) is 1.59. The van der Waals surface area contributed by atoms with Gasteiger partial charge in [0.15, 0.2) is 5.78 Å². The highest BCUT2D eigenvalue weighted by Crippen LogP contribution is 2.22. The number of hydrogen-bond acceptors (Lipinski definition) is 1. The number of halogens is 2. The van der Waals surface area contributed by atoms with Crippen molar-refractivity contribution in [2.75, 3.05) is 0 Å². The molecular weight excluding hydrogens is 338 g/mol. The Morgan fingerprint density at radius 3 is 2.75 bits per heavy atom. The van der Waals surface area contributed by atoms with Crippen LogP contribution in [0.1, 0.15) is 10.4 Å². The van der Waals surface area contributed by atoms with E-state index in [1.165, 1.54) is 0 Å². The van der Waals surface area contributed by atoms with E-state index in [9.17, 15) is 4.79 Å². The predicted molar refractivity (Wildman–Crippen MR) is 85.4 cm³/mol. The largest absolute Gasteiger partial charge is 0.340 e. The molecule has 0 radical (unpaired) electrons. The molecule has 0 atom stereocenters. The summed E-state index contributed by atoms with van der Waals surface area (Å²) in [5, 5.41) is 1.61. The Labute approximate surface area is 130 Å². The van der Waals surface area contributed by atoms with E-state index in [0.717, 1.165) is 15.4 Å². The molecule has 2 nitrogen and oxygen atoms in total. The van der Waals surface area contributed by atoms with Gasteiger partial charge in [0.25, 0.3) is 0 Å². The van der Waals surface area contributed by atoms with Crippen molar-refractivity contribution in [1.82, 2.24) is 4.57 Å². The third kappa shape index (κ3) is 2.51. The van der Waals surface area contributed by atoms with Crippen molar-refractivity contribution in [1.29, 1.82) is 0 Å². The van der Waals surface area contributed by atoms with Crippen LogP contribution in [0.2, 0.25) is 5.02 Å². The molecule has 100 valence electrons. The Morgan fingerprint density at radius 2 is 1.95 bits per heavy atom. The minimum Gasteiger partial charge on any atom is -0.340 e. The number of fused-ring (bicyclic) bond motifs is 1. The number of carbonyl (C=O) groups excluding carboxylic acids is 1. The first-order valence-electron chi connectivity index (χ1n) is 6.17. The molecule has 2 aromatic carbocycles. The Morgan fingerprint density at radius 1 is 1.15 bits per heavy atom. The van der Waals surface area contributed by atoms with Gasteiger partial charge in [-0.3, -0.25) is 4.79 Å². The van der Waals surface area contributed by atoms with Crippen LogP contribution in [0.4, 0.5) is 0 Å². The molecule has 3 rings (SSSR count). The van der Waals surface area contributed by atoms with Gasteiger partial charge >= 0.3 is 0 Å². The maximum atomic E-state index is 12.3. The van der Waals surface area contributed by atoms with E-state index in [1.54, 1.807) is 12.1 Å². The van der Waals surface area contributed by atoms with Gasteiger partial charge in [-0.05, 0) is 35.7 Å². The molecule has 0 unspecified atom stereocenters. The molecule has 0 spiro atoms. The van der Waals surface area contributed by atoms with Crippen molar-refractivity contribution in [3.8, 4) is 0 Å². The number of carbonyl (C=O) groups is 1. The van der Waals surface area contributed by atoms with Gasteiger partial charge in [-0.1, -0.05) is 45.7 Å². The standard InChI is InChI=1S/C16H11BrClNO/c17-12-6-5-11-7-8-19(15(11)9-12)10-16(20)13-3-1-2-4-14(13)18/h1-9H,10H2. The summed E-state index contributed by atoms with van der Waals surface area (Å²) >= 11 is 9.52. The van der Waals surface area contributed by atoms with Gasteiger partial charge in [0, 0.05) is 21.7 Å². The molecule has 0 fully saturated rings. The van der Waals surface area contributed by atoms with Gasteiger partial charge in [0.1, 0.15) is 0 Å². The first kappa shape index (κ1) is 13.4. The van der Waals surface area contributed by atoms with Gasteiger partial charge in [0.05, 0.1) is 11.6 Å². The highest BCUT2D eigenvalue weighted by atomic mass is 79.9. The average molecular weight is 349 g/mol. The molecule has 0 amide bonds. The third-order valence-electron chi connectivity index (χ3n) is 3.22. The molecule has 0 aliphatic heterocycles. The number of nitrogens with zero attached hydrogens (tertiary/aromatic N) is 1. The zero-order valence-corrected chi connectivity index (χ0v) is 12.9. The van der Waals surface area contributed by atoms with Crippen LogP contribution in [0, 0.1) is 0 Å². The number of aromatic nitrogens is 1. The Kier molecular flexibility index (Phi) is 3.64. The molecule has 0 bridgehead atoms. The van der Waals surface area contributed by atoms with Crippen molar-refractivity contribution in [2.45, 2.75) is 6.54 Å². The van der Waals surface area contributed by atoms with Crippen molar-refractivity contribution in [2.24, 2.45) is 0 Å². The molecule has 0 aliphatic rings. The highest BCUT2D eigenvalue weighted by molar-refractivity contribution is 9.10. The fraction of sp³-hybridized carbons (Fsp3) is 0.0625. The summed E-state index contributed by atoms with van der Waals surface area (Å²) in [5.74, 6) is 0.00748. The van der Waals surface area contributed by atoms with Crippen LogP contribution in [0.15, 0.2) is 59.2 Å². The quantitative estimate of drug-likeness (QED) is 0.614. The van der Waals surface area contributed by atoms with E-state index in [1.807, 2.05) is 47.2 Å². The van der Waals surface area contributed by atoms with Crippen LogP contribution in [-0.4, -0.2) is 10.4 Å². The Bertz CT molecular complexity index is 794. The minimum atomic E-state index is 0.00748. The van der Waals surface area contributed by atoms with Gasteiger partial charge in [-0.15, -0.1) is 0 Å². The van der Waals surface area contributed by atoms with Crippen molar-refractivity contribution in [3.63, 3.8) is 0 Å². The van der Waals surface area contributed by atoms with Crippen LogP contribution in [-0.2, 0) is 6.54 Å². The van der Waals surface area contributed by atoms with Crippen molar-refractivity contribution in [3.05, 3.63) is 69.8 Å². The number of rotatable bonds is 3. The summed E-state index contributed by atoms with van der Waals surface area (Å²) in [4.78, 5) is 12.3. The molecule has 3 aromatic rings. The van der Waals surface area contributed by atoms with E-state index < -0.39 is 0 Å². The second-order valence-corrected chi connectivity index (χ2v) is 5.87. The predicted octanol–water partition coefficient (Wildman–Crippen LogP) is 4.94. The van der Waals surface area contributed by atoms with E-state index in [2.05, 4.69) is 15.9 Å². The molecule has 0 saturated carbocycles. The van der Waals surface area contributed by atoms with Gasteiger partial charge in [-0.25, -0.2) is 0 Å². The molecular formula is C16H11BrClNO. The normalized spacial score (nSPS) is 10.9. The Hall–Kier alpha value is -1.58. The average Bonchev–Trinajstić information content (AvgIpc) is 2.82. The maximum Gasteiger partial charge on any atom is 0.183 e. The summed E-state index contributed by atoms with van der Waals surface area (Å²) in [6, 6.07) is 15.2. The molecule has 0 N–H and O–H groups in total.